The fraction of sp³-hybridized carbons (Fsp3) is 0.188. The third-order valence-electron chi connectivity index (χ3n) is 2.52. The summed E-state index contributed by atoms with van der Waals surface area (Å²) in [6.07, 6.45) is 5.32. The number of allylic oxidation sites excluding steroid dienone is 1. The van der Waals surface area contributed by atoms with Crippen LogP contribution in [0.25, 0.3) is 6.08 Å². The van der Waals surface area contributed by atoms with Crippen LogP contribution in [0.4, 0.5) is 0 Å². The summed E-state index contributed by atoms with van der Waals surface area (Å²) >= 11 is 6.42. The maximum Gasteiger partial charge on any atom is 0.245 e. The van der Waals surface area contributed by atoms with Crippen LogP contribution in [0.3, 0.4) is 0 Å². The van der Waals surface area contributed by atoms with Gasteiger partial charge < -0.3 is 0 Å². The molecular formula is C16H16Br2N4O5. The Morgan fingerprint density at radius 3 is 1.78 bits per heavy atom. The minimum atomic E-state index is -0.441. The van der Waals surface area contributed by atoms with Crippen LogP contribution in [-0.2, 0) is 0 Å². The van der Waals surface area contributed by atoms with Crippen LogP contribution >= 0.6 is 31.9 Å². The Morgan fingerprint density at radius 2 is 1.48 bits per heavy atom. The zero-order valence-electron chi connectivity index (χ0n) is 14.4. The third kappa shape index (κ3) is 12.5. The average Bonchev–Trinajstić information content (AvgIpc) is 2.65. The van der Waals surface area contributed by atoms with Gasteiger partial charge >= 0.3 is 0 Å². The summed E-state index contributed by atoms with van der Waals surface area (Å²) < 4.78 is 1.73. The van der Waals surface area contributed by atoms with Crippen LogP contribution in [0.1, 0.15) is 30.0 Å². The van der Waals surface area contributed by atoms with Crippen LogP contribution in [0.2, 0.25) is 0 Å². The van der Waals surface area contributed by atoms with Crippen LogP contribution in [0.5, 0.6) is 0 Å². The fourth-order valence-electron chi connectivity index (χ4n) is 1.20. The molecule has 0 atom stereocenters. The number of pyridine rings is 2. The molecular weight excluding hydrogens is 488 g/mol. The topological polar surface area (TPSA) is 129 Å². The van der Waals surface area contributed by atoms with Crippen molar-refractivity contribution < 1.29 is 14.6 Å². The molecule has 0 saturated carbocycles. The van der Waals surface area contributed by atoms with Crippen molar-refractivity contribution in [1.82, 2.24) is 9.97 Å². The van der Waals surface area contributed by atoms with Gasteiger partial charge in [0.1, 0.15) is 5.69 Å². The first kappa shape index (κ1) is 24.5. The molecule has 0 fully saturated rings. The average molecular weight is 504 g/mol. The number of hydrogen-bond donors (Lipinski definition) is 0. The van der Waals surface area contributed by atoms with Gasteiger partial charge in [-0.3, -0.25) is 35.0 Å². The summed E-state index contributed by atoms with van der Waals surface area (Å²) in [6.45, 7) is 2.96. The SMILES string of the molecule is C/C(=C\c1ccc(Br)cn1)[N+](=O)[O-].CC[N+](=O)[O-].O=Cc1ccc(Br)cn1. The third-order valence-corrected chi connectivity index (χ3v) is 3.46. The van der Waals surface area contributed by atoms with Crippen LogP contribution < -0.4 is 0 Å². The minimum Gasteiger partial charge on any atom is -0.296 e. The fourth-order valence-corrected chi connectivity index (χ4v) is 1.67. The predicted octanol–water partition coefficient (Wildman–Crippen LogP) is 4.42. The molecule has 0 unspecified atom stereocenters. The van der Waals surface area contributed by atoms with E-state index < -0.39 is 4.92 Å². The van der Waals surface area contributed by atoms with Crippen LogP contribution in [0.15, 0.2) is 51.3 Å². The summed E-state index contributed by atoms with van der Waals surface area (Å²) in [7, 11) is 0. The molecule has 9 nitrogen and oxygen atoms in total. The lowest BCUT2D eigenvalue weighted by molar-refractivity contribution is -0.475. The number of carbonyl (C=O) groups is 1. The molecule has 0 radical (unpaired) electrons. The largest absolute Gasteiger partial charge is 0.296 e. The maximum absolute atomic E-state index is 10.3. The van der Waals surface area contributed by atoms with E-state index in [1.54, 1.807) is 36.7 Å². The zero-order chi connectivity index (χ0) is 20.8. The Balaban J connectivity index is 0.000000419. The second kappa shape index (κ2) is 13.6. The molecule has 0 aliphatic carbocycles. The second-order valence-corrected chi connectivity index (χ2v) is 6.44. The number of rotatable bonds is 4. The summed E-state index contributed by atoms with van der Waals surface area (Å²) in [5.74, 6) is 0. The summed E-state index contributed by atoms with van der Waals surface area (Å²) in [5.41, 5.74) is 1.12. The molecule has 27 heavy (non-hydrogen) atoms. The van der Waals surface area contributed by atoms with Gasteiger partial charge in [-0.2, -0.15) is 0 Å². The summed E-state index contributed by atoms with van der Waals surface area (Å²) in [4.78, 5) is 36.4. The van der Waals surface area contributed by atoms with Crippen molar-refractivity contribution in [3.8, 4) is 0 Å². The van der Waals surface area contributed by atoms with Gasteiger partial charge in [0.05, 0.1) is 10.6 Å². The highest BCUT2D eigenvalue weighted by Crippen LogP contribution is 2.10. The van der Waals surface area contributed by atoms with Crippen molar-refractivity contribution >= 4 is 44.2 Å². The molecule has 11 heteroatoms. The standard InChI is InChI=1S/C8H7BrN2O2.C6H4BrNO.C2H5NO2/c1-6(11(12)13)4-8-3-2-7(9)5-10-8;7-5-1-2-6(4-9)8-3-5;1-2-3(4)5/h2-5H,1H3;1-4H;2H2,1H3/b6-4+;;. The van der Waals surface area contributed by atoms with E-state index in [2.05, 4.69) is 41.8 Å². The monoisotopic (exact) mass is 502 g/mol. The van der Waals surface area contributed by atoms with Gasteiger partial charge in [-0.05, 0) is 56.1 Å². The lowest BCUT2D eigenvalue weighted by Gasteiger charge is -1.92. The number of hydrogen-bond acceptors (Lipinski definition) is 7. The predicted molar refractivity (Wildman–Crippen MR) is 107 cm³/mol. The number of halogens is 2. The van der Waals surface area contributed by atoms with E-state index in [1.807, 2.05) is 0 Å². The van der Waals surface area contributed by atoms with Gasteiger partial charge in [-0.1, -0.05) is 0 Å². The van der Waals surface area contributed by atoms with Crippen molar-refractivity contribution in [3.63, 3.8) is 0 Å². The molecule has 2 rings (SSSR count). The van der Waals surface area contributed by atoms with Gasteiger partial charge in [0.2, 0.25) is 12.2 Å². The first-order valence-electron chi connectivity index (χ1n) is 7.32. The second-order valence-electron chi connectivity index (χ2n) is 4.61. The highest BCUT2D eigenvalue weighted by Gasteiger charge is 2.01. The van der Waals surface area contributed by atoms with Crippen LogP contribution in [-0.4, -0.2) is 32.6 Å². The molecule has 0 spiro atoms. The lowest BCUT2D eigenvalue weighted by Crippen LogP contribution is -1.93. The Hall–Kier alpha value is -2.53. The number of aromatic nitrogens is 2. The van der Waals surface area contributed by atoms with E-state index in [0.717, 1.165) is 8.95 Å². The Labute approximate surface area is 172 Å². The summed E-state index contributed by atoms with van der Waals surface area (Å²) in [6, 6.07) is 6.91. The maximum atomic E-state index is 10.3. The molecule has 0 amide bonds. The normalized spacial score (nSPS) is 9.85. The highest BCUT2D eigenvalue weighted by molar-refractivity contribution is 9.10. The first-order valence-corrected chi connectivity index (χ1v) is 8.91. The number of carbonyl (C=O) groups excluding carboxylic acids is 1. The first-order chi connectivity index (χ1) is 12.7. The van der Waals surface area contributed by atoms with Gasteiger partial charge in [0.15, 0.2) is 6.29 Å². The van der Waals surface area contributed by atoms with Gasteiger partial charge in [-0.15, -0.1) is 0 Å². The molecule has 0 bridgehead atoms. The molecule has 2 aromatic heterocycles. The highest BCUT2D eigenvalue weighted by atomic mass is 79.9. The molecule has 0 aromatic carbocycles. The van der Waals surface area contributed by atoms with Crippen molar-refractivity contribution in [3.05, 3.63) is 82.9 Å². The van der Waals surface area contributed by atoms with E-state index in [4.69, 9.17) is 0 Å². The van der Waals surface area contributed by atoms with Gasteiger partial charge in [0.25, 0.3) is 0 Å². The number of nitro groups is 2. The quantitative estimate of drug-likeness (QED) is 0.343. The lowest BCUT2D eigenvalue weighted by atomic mass is 10.3. The summed E-state index contributed by atoms with van der Waals surface area (Å²) in [5, 5.41) is 19.4. The Kier molecular flexibility index (Phi) is 12.4. The van der Waals surface area contributed by atoms with Crippen molar-refractivity contribution in [2.24, 2.45) is 0 Å². The van der Waals surface area contributed by atoms with E-state index in [0.29, 0.717) is 17.7 Å². The van der Waals surface area contributed by atoms with Crippen LogP contribution in [0, 0.1) is 20.2 Å². The van der Waals surface area contributed by atoms with E-state index in [9.17, 15) is 25.0 Å². The minimum absolute atomic E-state index is 0.0278. The number of aldehydes is 1. The molecule has 0 aliphatic rings. The molecule has 2 aromatic rings. The van der Waals surface area contributed by atoms with E-state index in [1.165, 1.54) is 19.9 Å². The van der Waals surface area contributed by atoms with Crippen molar-refractivity contribution in [2.45, 2.75) is 13.8 Å². The van der Waals surface area contributed by atoms with Crippen molar-refractivity contribution in [2.75, 3.05) is 6.54 Å². The van der Waals surface area contributed by atoms with E-state index >= 15 is 0 Å². The Bertz CT molecular complexity index is 780. The van der Waals surface area contributed by atoms with Crippen molar-refractivity contribution in [1.29, 1.82) is 0 Å². The zero-order valence-corrected chi connectivity index (χ0v) is 17.6. The number of nitrogens with zero attached hydrogens (tertiary/aromatic N) is 4. The molecule has 144 valence electrons. The molecule has 0 aliphatic heterocycles. The Morgan fingerprint density at radius 1 is 1.04 bits per heavy atom. The van der Waals surface area contributed by atoms with E-state index in [-0.39, 0.29) is 17.2 Å². The smallest absolute Gasteiger partial charge is 0.245 e. The molecule has 0 saturated heterocycles. The molecule has 2 heterocycles. The van der Waals surface area contributed by atoms with Gasteiger partial charge in [-0.25, -0.2) is 0 Å². The molecule has 0 N–H and O–H groups in total. The van der Waals surface area contributed by atoms with Gasteiger partial charge in [0, 0.05) is 46.2 Å².